The average molecular weight is 482 g/mol. The molecule has 6 nitrogen and oxygen atoms in total. The summed E-state index contributed by atoms with van der Waals surface area (Å²) in [4.78, 5) is 31.6. The Balaban J connectivity index is 1.40. The fourth-order valence-corrected chi connectivity index (χ4v) is 4.35. The average Bonchev–Trinajstić information content (AvgIpc) is 3.49. The van der Waals surface area contributed by atoms with E-state index < -0.39 is 0 Å². The van der Waals surface area contributed by atoms with Gasteiger partial charge >= 0.3 is 0 Å². The molecular formula is C25H24ClN3O3S. The number of carbonyl (C=O) groups excluding carboxylic acids is 2. The summed E-state index contributed by atoms with van der Waals surface area (Å²) < 4.78 is 5.81. The highest BCUT2D eigenvalue weighted by Gasteiger charge is 2.22. The molecule has 170 valence electrons. The van der Waals surface area contributed by atoms with Crippen molar-refractivity contribution in [3.63, 3.8) is 0 Å². The van der Waals surface area contributed by atoms with Crippen LogP contribution in [0.2, 0.25) is 5.02 Å². The van der Waals surface area contributed by atoms with E-state index in [1.165, 1.54) is 6.08 Å². The predicted molar refractivity (Wildman–Crippen MR) is 132 cm³/mol. The van der Waals surface area contributed by atoms with Crippen molar-refractivity contribution in [3.05, 3.63) is 80.8 Å². The molecule has 1 aromatic heterocycles. The first-order chi connectivity index (χ1) is 16.0. The molecule has 33 heavy (non-hydrogen) atoms. The zero-order valence-corrected chi connectivity index (χ0v) is 19.8. The Hall–Kier alpha value is -3.16. The molecular weight excluding hydrogens is 458 g/mol. The zero-order valence-electron chi connectivity index (χ0n) is 18.2. The molecule has 1 fully saturated rings. The summed E-state index contributed by atoms with van der Waals surface area (Å²) in [7, 11) is 0. The van der Waals surface area contributed by atoms with Crippen LogP contribution in [-0.4, -0.2) is 34.8 Å². The van der Waals surface area contributed by atoms with Gasteiger partial charge in [0.05, 0.1) is 22.0 Å². The van der Waals surface area contributed by atoms with Gasteiger partial charge in [-0.3, -0.25) is 9.59 Å². The molecule has 0 radical (unpaired) electrons. The number of rotatable bonds is 7. The van der Waals surface area contributed by atoms with Crippen LogP contribution < -0.4 is 10.1 Å². The van der Waals surface area contributed by atoms with Gasteiger partial charge in [0.1, 0.15) is 12.4 Å². The Kier molecular flexibility index (Phi) is 7.42. The lowest BCUT2D eigenvalue weighted by molar-refractivity contribution is -0.111. The lowest BCUT2D eigenvalue weighted by Gasteiger charge is -2.18. The number of aromatic nitrogens is 1. The van der Waals surface area contributed by atoms with Crippen LogP contribution in [0.15, 0.2) is 53.9 Å². The van der Waals surface area contributed by atoms with Crippen molar-refractivity contribution in [3.8, 4) is 5.75 Å². The number of halogens is 1. The quantitative estimate of drug-likeness (QED) is 0.448. The van der Waals surface area contributed by atoms with Gasteiger partial charge in [-0.2, -0.15) is 0 Å². The van der Waals surface area contributed by atoms with Crippen molar-refractivity contribution < 1.29 is 14.3 Å². The van der Waals surface area contributed by atoms with Crippen LogP contribution in [0.3, 0.4) is 0 Å². The number of ether oxygens (including phenoxy) is 1. The summed E-state index contributed by atoms with van der Waals surface area (Å²) in [6.07, 6.45) is 5.11. The molecule has 3 aromatic rings. The Morgan fingerprint density at radius 1 is 1.21 bits per heavy atom. The lowest BCUT2D eigenvalue weighted by Crippen LogP contribution is -2.28. The molecule has 0 unspecified atom stereocenters. The second kappa shape index (κ2) is 10.6. The van der Waals surface area contributed by atoms with E-state index in [-0.39, 0.29) is 11.8 Å². The number of carbonyl (C=O) groups is 2. The van der Waals surface area contributed by atoms with E-state index >= 15 is 0 Å². The second-order valence-electron chi connectivity index (χ2n) is 7.73. The summed E-state index contributed by atoms with van der Waals surface area (Å²) in [5.41, 5.74) is 2.56. The van der Waals surface area contributed by atoms with Gasteiger partial charge in [-0.05, 0) is 61.7 Å². The normalized spacial score (nSPS) is 13.5. The Bertz CT molecular complexity index is 1190. The molecule has 4 rings (SSSR count). The SMILES string of the molecule is Cc1nc(COc2cccc(/C=C/C(=O)Nc3ccc(Cl)cc3C(=O)N3CCCC3)c2)cs1. The van der Waals surface area contributed by atoms with Gasteiger partial charge in [0.15, 0.2) is 0 Å². The molecule has 0 saturated carbocycles. The van der Waals surface area contributed by atoms with Gasteiger partial charge < -0.3 is 15.0 Å². The van der Waals surface area contributed by atoms with E-state index in [2.05, 4.69) is 10.3 Å². The van der Waals surface area contributed by atoms with Gasteiger partial charge in [0.2, 0.25) is 5.91 Å². The molecule has 0 atom stereocenters. The monoisotopic (exact) mass is 481 g/mol. The van der Waals surface area contributed by atoms with Crippen molar-refractivity contribution in [2.24, 2.45) is 0 Å². The van der Waals surface area contributed by atoms with Crippen molar-refractivity contribution >= 4 is 46.5 Å². The largest absolute Gasteiger partial charge is 0.487 e. The maximum atomic E-state index is 12.9. The van der Waals surface area contributed by atoms with Gasteiger partial charge in [-0.1, -0.05) is 23.7 Å². The summed E-state index contributed by atoms with van der Waals surface area (Å²) in [5, 5.41) is 6.24. The minimum absolute atomic E-state index is 0.116. The van der Waals surface area contributed by atoms with Crippen molar-refractivity contribution in [1.82, 2.24) is 9.88 Å². The maximum Gasteiger partial charge on any atom is 0.256 e. The van der Waals surface area contributed by atoms with E-state index in [0.29, 0.717) is 28.6 Å². The van der Waals surface area contributed by atoms with Crippen LogP contribution in [0, 0.1) is 6.92 Å². The van der Waals surface area contributed by atoms with E-state index in [9.17, 15) is 9.59 Å². The Morgan fingerprint density at radius 2 is 2.03 bits per heavy atom. The first-order valence-electron chi connectivity index (χ1n) is 10.7. The predicted octanol–water partition coefficient (Wildman–Crippen LogP) is 5.57. The number of hydrogen-bond donors (Lipinski definition) is 1. The number of aryl methyl sites for hydroxylation is 1. The molecule has 1 aliphatic heterocycles. The number of nitrogens with one attached hydrogen (secondary N) is 1. The van der Waals surface area contributed by atoms with Crippen LogP contribution in [0.4, 0.5) is 5.69 Å². The number of amides is 2. The second-order valence-corrected chi connectivity index (χ2v) is 9.23. The third kappa shape index (κ3) is 6.21. The standard InChI is InChI=1S/C25H24ClN3O3S/c1-17-27-20(16-33-17)15-32-21-6-4-5-18(13-21)7-10-24(30)28-23-9-8-19(26)14-22(23)25(31)29-11-2-3-12-29/h4-10,13-14,16H,2-3,11-12,15H2,1H3,(H,28,30)/b10-7+. The number of likely N-dealkylation sites (tertiary alicyclic amines) is 1. The highest BCUT2D eigenvalue weighted by atomic mass is 35.5. The van der Waals surface area contributed by atoms with Crippen LogP contribution in [0.25, 0.3) is 6.08 Å². The minimum Gasteiger partial charge on any atom is -0.487 e. The Labute approximate surface area is 201 Å². The van der Waals surface area contributed by atoms with E-state index in [1.54, 1.807) is 40.5 Å². The van der Waals surface area contributed by atoms with Crippen LogP contribution in [0.1, 0.15) is 39.5 Å². The smallest absolute Gasteiger partial charge is 0.256 e. The van der Waals surface area contributed by atoms with Gasteiger partial charge in [0.25, 0.3) is 5.91 Å². The molecule has 1 aliphatic rings. The topological polar surface area (TPSA) is 71.5 Å². The third-order valence-corrected chi connectivity index (χ3v) is 6.26. The molecule has 1 saturated heterocycles. The molecule has 8 heteroatoms. The van der Waals surface area contributed by atoms with E-state index in [1.807, 2.05) is 36.6 Å². The first kappa shape index (κ1) is 23.0. The fourth-order valence-electron chi connectivity index (χ4n) is 3.58. The first-order valence-corrected chi connectivity index (χ1v) is 12.0. The van der Waals surface area contributed by atoms with Crippen LogP contribution in [-0.2, 0) is 11.4 Å². The summed E-state index contributed by atoms with van der Waals surface area (Å²) >= 11 is 7.70. The number of benzene rings is 2. The Morgan fingerprint density at radius 3 is 2.79 bits per heavy atom. The van der Waals surface area contributed by atoms with Crippen molar-refractivity contribution in [1.29, 1.82) is 0 Å². The fraction of sp³-hybridized carbons (Fsp3) is 0.240. The number of nitrogens with zero attached hydrogens (tertiary/aromatic N) is 2. The van der Waals surface area contributed by atoms with E-state index in [4.69, 9.17) is 16.3 Å². The van der Waals surface area contributed by atoms with Crippen molar-refractivity contribution in [2.75, 3.05) is 18.4 Å². The molecule has 0 spiro atoms. The number of thiazole rings is 1. The molecule has 0 bridgehead atoms. The van der Waals surface area contributed by atoms with Crippen LogP contribution in [0.5, 0.6) is 5.75 Å². The molecule has 2 amide bonds. The van der Waals surface area contributed by atoms with Gasteiger partial charge in [-0.25, -0.2) is 4.98 Å². The molecule has 1 N–H and O–H groups in total. The highest BCUT2D eigenvalue weighted by Crippen LogP contribution is 2.24. The third-order valence-electron chi connectivity index (χ3n) is 5.20. The van der Waals surface area contributed by atoms with E-state index in [0.717, 1.165) is 42.2 Å². The summed E-state index contributed by atoms with van der Waals surface area (Å²) in [5.74, 6) is 0.242. The van der Waals surface area contributed by atoms with Crippen LogP contribution >= 0.6 is 22.9 Å². The molecule has 0 aliphatic carbocycles. The molecule has 2 heterocycles. The summed E-state index contributed by atoms with van der Waals surface area (Å²) in [6, 6.07) is 12.4. The number of anilines is 1. The summed E-state index contributed by atoms with van der Waals surface area (Å²) in [6.45, 7) is 3.79. The van der Waals surface area contributed by atoms with Gasteiger partial charge in [-0.15, -0.1) is 11.3 Å². The lowest BCUT2D eigenvalue weighted by atomic mass is 10.1. The molecule has 2 aromatic carbocycles. The van der Waals surface area contributed by atoms with Gasteiger partial charge in [0, 0.05) is 29.6 Å². The number of hydrogen-bond acceptors (Lipinski definition) is 5. The zero-order chi connectivity index (χ0) is 23.2. The minimum atomic E-state index is -0.336. The maximum absolute atomic E-state index is 12.9. The highest BCUT2D eigenvalue weighted by molar-refractivity contribution is 7.09. The van der Waals surface area contributed by atoms with Crippen molar-refractivity contribution in [2.45, 2.75) is 26.4 Å².